The molecule has 0 atom stereocenters. The zero-order valence-electron chi connectivity index (χ0n) is 39.5. The van der Waals surface area contributed by atoms with E-state index in [1.807, 2.05) is 34.5 Å². The van der Waals surface area contributed by atoms with Gasteiger partial charge >= 0.3 is 0 Å². The van der Waals surface area contributed by atoms with Crippen LogP contribution in [-0.2, 0) is 0 Å². The summed E-state index contributed by atoms with van der Waals surface area (Å²) in [5.41, 5.74) is 30.9. The van der Waals surface area contributed by atoms with Crippen molar-refractivity contribution in [3.8, 4) is 0 Å². The summed E-state index contributed by atoms with van der Waals surface area (Å²) >= 11 is 10.3. The predicted octanol–water partition coefficient (Wildman–Crippen LogP) is 17.5. The summed E-state index contributed by atoms with van der Waals surface area (Å²) in [7, 11) is 0. The SMILES string of the molecule is Cc1cc(C)c2ncsc2c1.Cc1cc(C)c2scnc2c1.Cc1cc2ncsc2cc1C.Cc1ccc(C)c2scnc12.Cc1ccc2ncsc2c1C.Cc1nc2cccc(C)c2s1. The van der Waals surface area contributed by atoms with Gasteiger partial charge in [0.2, 0.25) is 0 Å². The summed E-state index contributed by atoms with van der Waals surface area (Å²) < 4.78 is 7.87. The average Bonchev–Trinajstić information content (AvgIpc) is 4.14. The molecule has 0 bridgehead atoms. The number of nitrogens with zero attached hydrogens (tertiary/aromatic N) is 6. The highest BCUT2D eigenvalue weighted by atomic mass is 32.1. The molecule has 0 saturated carbocycles. The van der Waals surface area contributed by atoms with Gasteiger partial charge in [-0.2, -0.15) is 0 Å². The molecule has 66 heavy (non-hydrogen) atoms. The highest BCUT2D eigenvalue weighted by Gasteiger charge is 2.05. The smallest absolute Gasteiger partial charge is 0.0907 e. The van der Waals surface area contributed by atoms with Gasteiger partial charge < -0.3 is 0 Å². The highest BCUT2D eigenvalue weighted by Crippen LogP contribution is 2.28. The molecule has 0 aliphatic carbocycles. The normalized spacial score (nSPS) is 10.7. The topological polar surface area (TPSA) is 77.3 Å². The first-order valence-electron chi connectivity index (χ1n) is 21.5. The van der Waals surface area contributed by atoms with Gasteiger partial charge in [-0.15, -0.1) is 68.0 Å². The van der Waals surface area contributed by atoms with Crippen LogP contribution in [0.5, 0.6) is 0 Å². The first-order chi connectivity index (χ1) is 31.7. The molecule has 12 heteroatoms. The Labute approximate surface area is 411 Å². The second-order valence-electron chi connectivity index (χ2n) is 16.4. The Morgan fingerprint density at radius 3 is 1.68 bits per heavy atom. The first kappa shape index (κ1) is 48.6. The van der Waals surface area contributed by atoms with E-state index in [4.69, 9.17) is 0 Å². The van der Waals surface area contributed by atoms with Gasteiger partial charge in [0.15, 0.2) is 0 Å². The lowest BCUT2D eigenvalue weighted by atomic mass is 10.1. The second-order valence-corrected chi connectivity index (χ2v) is 22.0. The molecule has 0 amide bonds. The van der Waals surface area contributed by atoms with Crippen molar-refractivity contribution < 1.29 is 0 Å². The van der Waals surface area contributed by atoms with Crippen molar-refractivity contribution in [2.45, 2.75) is 83.1 Å². The molecule has 0 saturated heterocycles. The van der Waals surface area contributed by atoms with Gasteiger partial charge in [0.1, 0.15) is 0 Å². The molecule has 0 N–H and O–H groups in total. The fourth-order valence-electron chi connectivity index (χ4n) is 7.31. The average molecular weight is 979 g/mol. The van der Waals surface area contributed by atoms with Crippen molar-refractivity contribution in [3.63, 3.8) is 0 Å². The van der Waals surface area contributed by atoms with E-state index < -0.39 is 0 Å². The van der Waals surface area contributed by atoms with Crippen molar-refractivity contribution in [2.75, 3.05) is 0 Å². The fraction of sp³-hybridized carbons (Fsp3) is 0.222. The Kier molecular flexibility index (Phi) is 16.2. The van der Waals surface area contributed by atoms with E-state index in [0.717, 1.165) is 38.1 Å². The molecular weight excluding hydrogens is 925 g/mol. The maximum Gasteiger partial charge on any atom is 0.0907 e. The van der Waals surface area contributed by atoms with Crippen molar-refractivity contribution >= 4 is 129 Å². The third-order valence-corrected chi connectivity index (χ3v) is 16.7. The molecule has 0 aliphatic rings. The van der Waals surface area contributed by atoms with Gasteiger partial charge in [0.05, 0.1) is 93.9 Å². The molecular formula is C54H54N6S6. The Bertz CT molecular complexity index is 3390. The molecule has 12 aromatic rings. The van der Waals surface area contributed by atoms with Crippen LogP contribution in [0.3, 0.4) is 0 Å². The maximum atomic E-state index is 4.39. The molecule has 6 heterocycles. The Morgan fingerprint density at radius 2 is 0.909 bits per heavy atom. The number of thiazole rings is 6. The van der Waals surface area contributed by atoms with E-state index in [9.17, 15) is 0 Å². The summed E-state index contributed by atoms with van der Waals surface area (Å²) in [5.74, 6) is 0. The Hall–Kier alpha value is -5.34. The highest BCUT2D eigenvalue weighted by molar-refractivity contribution is 7.19. The van der Waals surface area contributed by atoms with Crippen molar-refractivity contribution in [1.29, 1.82) is 0 Å². The number of hydrogen-bond acceptors (Lipinski definition) is 12. The maximum absolute atomic E-state index is 4.39. The third-order valence-electron chi connectivity index (χ3n) is 11.1. The molecule has 6 aromatic heterocycles. The number of fused-ring (bicyclic) bond motifs is 6. The lowest BCUT2D eigenvalue weighted by Gasteiger charge is -1.98. The fourth-order valence-corrected chi connectivity index (χ4v) is 12.2. The molecule has 6 nitrogen and oxygen atoms in total. The van der Waals surface area contributed by atoms with Crippen LogP contribution in [0.4, 0.5) is 0 Å². The van der Waals surface area contributed by atoms with E-state index >= 15 is 0 Å². The Balaban J connectivity index is 0.000000118. The summed E-state index contributed by atoms with van der Waals surface area (Å²) in [6, 6.07) is 27.7. The van der Waals surface area contributed by atoms with Crippen LogP contribution in [0.2, 0.25) is 0 Å². The molecule has 0 aliphatic heterocycles. The van der Waals surface area contributed by atoms with E-state index in [2.05, 4.69) is 185 Å². The zero-order valence-corrected chi connectivity index (χ0v) is 44.4. The van der Waals surface area contributed by atoms with E-state index in [-0.39, 0.29) is 0 Å². The number of hydrogen-bond donors (Lipinski definition) is 0. The molecule has 0 radical (unpaired) electrons. The molecule has 336 valence electrons. The van der Waals surface area contributed by atoms with Gasteiger partial charge in [0.25, 0.3) is 0 Å². The number of aryl methyl sites for hydroxylation is 12. The van der Waals surface area contributed by atoms with Crippen molar-refractivity contribution in [3.05, 3.63) is 173 Å². The lowest BCUT2D eigenvalue weighted by molar-refractivity contribution is 1.34. The second kappa shape index (κ2) is 22.0. The van der Waals surface area contributed by atoms with Crippen LogP contribution in [-0.4, -0.2) is 29.9 Å². The van der Waals surface area contributed by atoms with Gasteiger partial charge in [-0.25, -0.2) is 29.9 Å². The number of benzene rings is 6. The minimum absolute atomic E-state index is 1.12. The van der Waals surface area contributed by atoms with Gasteiger partial charge in [-0.05, 0) is 181 Å². The molecule has 0 spiro atoms. The van der Waals surface area contributed by atoms with Crippen LogP contribution in [0.25, 0.3) is 61.3 Å². The minimum Gasteiger partial charge on any atom is -0.245 e. The van der Waals surface area contributed by atoms with E-state index in [1.165, 1.54) is 89.4 Å². The lowest BCUT2D eigenvalue weighted by Crippen LogP contribution is -1.79. The van der Waals surface area contributed by atoms with Crippen molar-refractivity contribution in [2.24, 2.45) is 0 Å². The molecule has 0 unspecified atom stereocenters. The Morgan fingerprint density at radius 1 is 0.333 bits per heavy atom. The number of aromatic nitrogens is 6. The third kappa shape index (κ3) is 11.8. The summed E-state index contributed by atoms with van der Waals surface area (Å²) in [4.78, 5) is 25.7. The molecule has 6 aromatic carbocycles. The van der Waals surface area contributed by atoms with Crippen molar-refractivity contribution in [1.82, 2.24) is 29.9 Å². The van der Waals surface area contributed by atoms with Gasteiger partial charge in [0, 0.05) is 0 Å². The molecule has 12 rings (SSSR count). The quantitative estimate of drug-likeness (QED) is 0.151. The largest absolute Gasteiger partial charge is 0.245 e. The predicted molar refractivity (Wildman–Crippen MR) is 295 cm³/mol. The standard InChI is InChI=1S/6C9H9NS/c1-6-3-8-9(4-7(6)2)11-5-10-8;1-6-3-7(2)9-8(4-6)11-5-10-9;1-6-3-7(2)9-8(4-6)10-5-11-9;1-6-3-4-8-9(7(6)2)11-5-10-8;1-6-3-4-7(2)9-8(6)10-5-11-9;1-6-4-3-5-8-9(6)11-7(2)10-8/h6*3-5H,1-2H3. The van der Waals surface area contributed by atoms with E-state index in [1.54, 1.807) is 68.0 Å². The summed E-state index contributed by atoms with van der Waals surface area (Å²) in [6.45, 7) is 25.4. The molecule has 0 fully saturated rings. The zero-order chi connectivity index (χ0) is 47.1. The van der Waals surface area contributed by atoms with E-state index in [0.29, 0.717) is 0 Å². The first-order valence-corrected chi connectivity index (χ1v) is 26.7. The summed E-state index contributed by atoms with van der Waals surface area (Å²) in [6.07, 6.45) is 0. The van der Waals surface area contributed by atoms with Crippen LogP contribution in [0, 0.1) is 83.1 Å². The van der Waals surface area contributed by atoms with Crippen LogP contribution >= 0.6 is 68.0 Å². The summed E-state index contributed by atoms with van der Waals surface area (Å²) in [5, 5.41) is 1.15. The minimum atomic E-state index is 1.12. The van der Waals surface area contributed by atoms with Gasteiger partial charge in [-0.1, -0.05) is 42.5 Å². The van der Waals surface area contributed by atoms with Crippen LogP contribution < -0.4 is 0 Å². The van der Waals surface area contributed by atoms with Crippen LogP contribution in [0.15, 0.2) is 106 Å². The monoisotopic (exact) mass is 978 g/mol. The van der Waals surface area contributed by atoms with Gasteiger partial charge in [-0.3, -0.25) is 0 Å². The van der Waals surface area contributed by atoms with Crippen LogP contribution in [0.1, 0.15) is 66.2 Å². The number of rotatable bonds is 0.